The lowest BCUT2D eigenvalue weighted by Crippen LogP contribution is -2.17. The Balaban J connectivity index is 1.88. The van der Waals surface area contributed by atoms with E-state index in [1.807, 2.05) is 17.1 Å². The molecule has 0 saturated carbocycles. The molecule has 1 saturated heterocycles. The van der Waals surface area contributed by atoms with Gasteiger partial charge >= 0.3 is 5.97 Å². The first-order valence-corrected chi connectivity index (χ1v) is 7.17. The van der Waals surface area contributed by atoms with Gasteiger partial charge in [0.15, 0.2) is 5.13 Å². The second-order valence-corrected chi connectivity index (χ2v) is 5.61. The van der Waals surface area contributed by atoms with Gasteiger partial charge in [-0.2, -0.15) is 11.8 Å². The van der Waals surface area contributed by atoms with Crippen LogP contribution in [0.3, 0.4) is 0 Å². The molecule has 88 valence electrons. The summed E-state index contributed by atoms with van der Waals surface area (Å²) in [6.45, 7) is 0. The van der Waals surface area contributed by atoms with Crippen molar-refractivity contribution in [3.8, 4) is 0 Å². The first kappa shape index (κ1) is 11.7. The van der Waals surface area contributed by atoms with E-state index in [2.05, 4.69) is 15.0 Å². The molecule has 1 aliphatic heterocycles. The monoisotopic (exact) mass is 258 g/mol. The normalized spacial score (nSPS) is 19.7. The minimum absolute atomic E-state index is 0.242. The Morgan fingerprint density at radius 1 is 1.75 bits per heavy atom. The van der Waals surface area contributed by atoms with Crippen molar-refractivity contribution in [1.82, 2.24) is 4.98 Å². The zero-order valence-electron chi connectivity index (χ0n) is 9.06. The van der Waals surface area contributed by atoms with E-state index < -0.39 is 0 Å². The van der Waals surface area contributed by atoms with E-state index in [4.69, 9.17) is 0 Å². The maximum atomic E-state index is 11.1. The van der Waals surface area contributed by atoms with E-state index >= 15 is 0 Å². The number of carbonyl (C=O) groups is 1. The van der Waals surface area contributed by atoms with Crippen molar-refractivity contribution in [2.24, 2.45) is 0 Å². The van der Waals surface area contributed by atoms with Gasteiger partial charge in [0.2, 0.25) is 0 Å². The minimum atomic E-state index is -0.242. The van der Waals surface area contributed by atoms with Gasteiger partial charge in [-0.05, 0) is 12.2 Å². The first-order valence-electron chi connectivity index (χ1n) is 5.13. The predicted octanol–water partition coefficient (Wildman–Crippen LogP) is 1.78. The number of thioether (sulfide) groups is 1. The number of aromatic nitrogens is 1. The van der Waals surface area contributed by atoms with Crippen LogP contribution in [0.5, 0.6) is 0 Å². The van der Waals surface area contributed by atoms with E-state index in [1.165, 1.54) is 19.3 Å². The zero-order chi connectivity index (χ0) is 11.4. The number of ether oxygens (including phenoxy) is 1. The summed E-state index contributed by atoms with van der Waals surface area (Å²) in [4.78, 5) is 15.4. The van der Waals surface area contributed by atoms with Gasteiger partial charge in [-0.1, -0.05) is 0 Å². The summed E-state index contributed by atoms with van der Waals surface area (Å²) >= 11 is 3.51. The molecular formula is C10H14N2O2S2. The molecule has 6 heteroatoms. The summed E-state index contributed by atoms with van der Waals surface area (Å²) in [6.07, 6.45) is 1.45. The summed E-state index contributed by atoms with van der Waals surface area (Å²) in [5.41, 5.74) is 0.782. The van der Waals surface area contributed by atoms with Gasteiger partial charge in [-0.15, -0.1) is 11.3 Å². The zero-order valence-corrected chi connectivity index (χ0v) is 10.7. The van der Waals surface area contributed by atoms with E-state index in [0.29, 0.717) is 6.04 Å². The Bertz CT molecular complexity index is 361. The second kappa shape index (κ2) is 5.54. The van der Waals surface area contributed by atoms with Crippen LogP contribution < -0.4 is 5.32 Å². The number of rotatable bonds is 4. The highest BCUT2D eigenvalue weighted by atomic mass is 32.2. The molecule has 16 heavy (non-hydrogen) atoms. The summed E-state index contributed by atoms with van der Waals surface area (Å²) in [6, 6.07) is 0.530. The van der Waals surface area contributed by atoms with Crippen molar-refractivity contribution in [1.29, 1.82) is 0 Å². The van der Waals surface area contributed by atoms with Crippen LogP contribution in [-0.2, 0) is 16.0 Å². The summed E-state index contributed by atoms with van der Waals surface area (Å²) in [5, 5.41) is 6.20. The second-order valence-electron chi connectivity index (χ2n) is 3.60. The summed E-state index contributed by atoms with van der Waals surface area (Å²) in [5.74, 6) is 2.12. The molecule has 0 aliphatic carbocycles. The molecule has 0 spiro atoms. The highest BCUT2D eigenvalue weighted by Gasteiger charge is 2.16. The Morgan fingerprint density at radius 2 is 2.62 bits per heavy atom. The lowest BCUT2D eigenvalue weighted by Gasteiger charge is -2.08. The summed E-state index contributed by atoms with van der Waals surface area (Å²) < 4.78 is 4.60. The third-order valence-electron chi connectivity index (χ3n) is 2.36. The van der Waals surface area contributed by atoms with E-state index in [9.17, 15) is 4.79 Å². The van der Waals surface area contributed by atoms with Gasteiger partial charge in [0.25, 0.3) is 0 Å². The van der Waals surface area contributed by atoms with Crippen LogP contribution in [0.15, 0.2) is 5.38 Å². The average molecular weight is 258 g/mol. The third-order valence-corrected chi connectivity index (χ3v) is 4.35. The SMILES string of the molecule is COC(=O)Cc1csc(NC2CCSC2)n1. The first-order chi connectivity index (χ1) is 7.78. The van der Waals surface area contributed by atoms with Crippen molar-refractivity contribution >= 4 is 34.2 Å². The molecule has 0 radical (unpaired) electrons. The van der Waals surface area contributed by atoms with Crippen LogP contribution in [0.1, 0.15) is 12.1 Å². The molecule has 0 amide bonds. The van der Waals surface area contributed by atoms with Crippen LogP contribution >= 0.6 is 23.1 Å². The number of methoxy groups -OCH3 is 1. The fourth-order valence-corrected chi connectivity index (χ4v) is 3.44. The van der Waals surface area contributed by atoms with E-state index in [1.54, 1.807) is 11.3 Å². The van der Waals surface area contributed by atoms with Crippen LogP contribution in [0, 0.1) is 0 Å². The highest BCUT2D eigenvalue weighted by molar-refractivity contribution is 7.99. The van der Waals surface area contributed by atoms with Crippen LogP contribution in [0.2, 0.25) is 0 Å². The molecule has 1 aromatic rings. The number of nitrogens with zero attached hydrogens (tertiary/aromatic N) is 1. The van der Waals surface area contributed by atoms with Gasteiger partial charge in [0.1, 0.15) is 0 Å². The lowest BCUT2D eigenvalue weighted by molar-refractivity contribution is -0.139. The van der Waals surface area contributed by atoms with Crippen molar-refractivity contribution in [2.45, 2.75) is 18.9 Å². The molecule has 1 atom stereocenters. The molecule has 1 aromatic heterocycles. The number of thiazole rings is 1. The Morgan fingerprint density at radius 3 is 3.31 bits per heavy atom. The largest absolute Gasteiger partial charge is 0.469 e. The topological polar surface area (TPSA) is 51.2 Å². The van der Waals surface area contributed by atoms with Gasteiger partial charge in [-0.3, -0.25) is 4.79 Å². The quantitative estimate of drug-likeness (QED) is 0.834. The molecule has 1 unspecified atom stereocenters. The predicted molar refractivity (Wildman–Crippen MR) is 67.2 cm³/mol. The number of nitrogens with one attached hydrogen (secondary N) is 1. The minimum Gasteiger partial charge on any atom is -0.469 e. The number of esters is 1. The Labute approximate surface area is 103 Å². The van der Waals surface area contributed by atoms with Gasteiger partial charge in [0, 0.05) is 17.2 Å². The van der Waals surface area contributed by atoms with E-state index in [0.717, 1.165) is 16.6 Å². The summed E-state index contributed by atoms with van der Waals surface area (Å²) in [7, 11) is 1.39. The maximum absolute atomic E-state index is 11.1. The van der Waals surface area contributed by atoms with Gasteiger partial charge < -0.3 is 10.1 Å². The van der Waals surface area contributed by atoms with Crippen LogP contribution in [-0.4, -0.2) is 35.6 Å². The Kier molecular flexibility index (Phi) is 4.06. The van der Waals surface area contributed by atoms with E-state index in [-0.39, 0.29) is 12.4 Å². The highest BCUT2D eigenvalue weighted by Crippen LogP contribution is 2.23. The molecule has 1 aliphatic rings. The molecule has 2 heterocycles. The molecule has 0 aromatic carbocycles. The number of anilines is 1. The fourth-order valence-electron chi connectivity index (χ4n) is 1.50. The average Bonchev–Trinajstić information content (AvgIpc) is 2.91. The van der Waals surface area contributed by atoms with Crippen molar-refractivity contribution in [3.05, 3.63) is 11.1 Å². The van der Waals surface area contributed by atoms with Crippen molar-refractivity contribution in [2.75, 3.05) is 23.9 Å². The molecule has 1 fully saturated rings. The third kappa shape index (κ3) is 3.12. The standard InChI is InChI=1S/C10H14N2O2S2/c1-14-9(13)4-8-6-16-10(12-8)11-7-2-3-15-5-7/h6-7H,2-5H2,1H3,(H,11,12). The van der Waals surface area contributed by atoms with Crippen molar-refractivity contribution < 1.29 is 9.53 Å². The lowest BCUT2D eigenvalue weighted by atomic mass is 10.3. The molecule has 1 N–H and O–H groups in total. The van der Waals surface area contributed by atoms with Crippen molar-refractivity contribution in [3.63, 3.8) is 0 Å². The number of carbonyl (C=O) groups excluding carboxylic acids is 1. The fraction of sp³-hybridized carbons (Fsp3) is 0.600. The van der Waals surface area contributed by atoms with Crippen LogP contribution in [0.4, 0.5) is 5.13 Å². The molecular weight excluding hydrogens is 244 g/mol. The Hall–Kier alpha value is -0.750. The van der Waals surface area contributed by atoms with Gasteiger partial charge in [0.05, 0.1) is 19.2 Å². The molecule has 0 bridgehead atoms. The molecule has 2 rings (SSSR count). The van der Waals surface area contributed by atoms with Crippen LogP contribution in [0.25, 0.3) is 0 Å². The smallest absolute Gasteiger partial charge is 0.311 e. The number of hydrogen-bond acceptors (Lipinski definition) is 6. The van der Waals surface area contributed by atoms with Gasteiger partial charge in [-0.25, -0.2) is 4.98 Å². The number of hydrogen-bond donors (Lipinski definition) is 1. The maximum Gasteiger partial charge on any atom is 0.311 e. The molecule has 4 nitrogen and oxygen atoms in total.